The predicted molar refractivity (Wildman–Crippen MR) is 73.6 cm³/mol. The Morgan fingerprint density at radius 2 is 1.47 bits per heavy atom. The van der Waals surface area contributed by atoms with Crippen molar-refractivity contribution in [3.05, 3.63) is 22.9 Å². The average molecular weight is 225 g/mol. The molecule has 0 aliphatic heterocycles. The quantitative estimate of drug-likeness (QED) is 0.565. The van der Waals surface area contributed by atoms with Crippen LogP contribution < -0.4 is 4.98 Å². The maximum Gasteiger partial charge on any atom is 0.152 e. The monoisotopic (exact) mass is 225 g/mol. The van der Waals surface area contributed by atoms with Crippen LogP contribution in [0.4, 0.5) is 0 Å². The highest BCUT2D eigenvalue weighted by Gasteiger charge is 2.31. The molecule has 0 heterocycles. The second kappa shape index (κ2) is 4.66. The van der Waals surface area contributed by atoms with Crippen molar-refractivity contribution in [1.82, 2.24) is 4.98 Å². The number of hydrogen-bond donors (Lipinski definition) is 1. The van der Waals surface area contributed by atoms with Crippen LogP contribution in [0.15, 0.2) is 22.9 Å². The van der Waals surface area contributed by atoms with Gasteiger partial charge in [0.05, 0.1) is 0 Å². The van der Waals surface area contributed by atoms with Crippen molar-refractivity contribution in [2.75, 3.05) is 0 Å². The van der Waals surface area contributed by atoms with E-state index in [1.807, 2.05) is 0 Å². The highest BCUT2D eigenvalue weighted by atomic mass is 28.3. The van der Waals surface area contributed by atoms with E-state index in [1.165, 1.54) is 16.3 Å². The summed E-state index contributed by atoms with van der Waals surface area (Å²) in [6, 6.07) is 0. The molecule has 0 atom stereocenters. The number of rotatable bonds is 3. The molecular weight excluding hydrogens is 198 g/mol. The molecule has 0 aromatic heterocycles. The molecule has 0 unspecified atom stereocenters. The van der Waals surface area contributed by atoms with E-state index in [0.717, 1.165) is 0 Å². The first-order chi connectivity index (χ1) is 6.47. The van der Waals surface area contributed by atoms with E-state index in [1.54, 1.807) is 0 Å². The lowest BCUT2D eigenvalue weighted by molar-refractivity contribution is 0.514. The fourth-order valence-corrected chi connectivity index (χ4v) is 6.90. The Labute approximate surface area is 96.8 Å². The van der Waals surface area contributed by atoms with Crippen molar-refractivity contribution in [3.8, 4) is 0 Å². The Balaban J connectivity index is 5.17. The number of nitrogens with one attached hydrogen (secondary N) is 1. The minimum atomic E-state index is -1.56. The van der Waals surface area contributed by atoms with E-state index in [-0.39, 0.29) is 5.54 Å². The average Bonchev–Trinajstić information content (AvgIpc) is 1.74. The molecule has 0 fully saturated rings. The molecular formula is C13H27NSi. The number of hydrogen-bond acceptors (Lipinski definition) is 1. The molecule has 0 saturated heterocycles. The summed E-state index contributed by atoms with van der Waals surface area (Å²) < 4.78 is 0. The SMILES string of the molecule is C=C(C)C(=C(C)C)[Si](C)(C)NC(C)(C)C. The van der Waals surface area contributed by atoms with Gasteiger partial charge >= 0.3 is 0 Å². The highest BCUT2D eigenvalue weighted by Crippen LogP contribution is 2.24. The van der Waals surface area contributed by atoms with E-state index in [4.69, 9.17) is 0 Å². The van der Waals surface area contributed by atoms with Gasteiger partial charge in [-0.2, -0.15) is 0 Å². The molecule has 0 aromatic rings. The van der Waals surface area contributed by atoms with Crippen molar-refractivity contribution in [1.29, 1.82) is 0 Å². The van der Waals surface area contributed by atoms with Gasteiger partial charge in [-0.05, 0) is 46.7 Å². The van der Waals surface area contributed by atoms with Gasteiger partial charge in [-0.1, -0.05) is 30.8 Å². The minimum Gasteiger partial charge on any atom is -0.329 e. The zero-order valence-corrected chi connectivity index (χ0v) is 12.7. The van der Waals surface area contributed by atoms with Crippen molar-refractivity contribution >= 4 is 8.24 Å². The molecule has 0 aliphatic carbocycles. The van der Waals surface area contributed by atoms with Crippen LogP contribution in [0.5, 0.6) is 0 Å². The van der Waals surface area contributed by atoms with Gasteiger partial charge in [-0.25, -0.2) is 0 Å². The Hall–Kier alpha value is -0.343. The molecule has 0 saturated carbocycles. The normalized spacial score (nSPS) is 12.5. The second-order valence-corrected chi connectivity index (χ2v) is 10.2. The summed E-state index contributed by atoms with van der Waals surface area (Å²) in [4.78, 5) is 3.78. The summed E-state index contributed by atoms with van der Waals surface area (Å²) in [6.45, 7) is 22.0. The summed E-state index contributed by atoms with van der Waals surface area (Å²) >= 11 is 0. The van der Waals surface area contributed by atoms with Crippen molar-refractivity contribution in [3.63, 3.8) is 0 Å². The third kappa shape index (κ3) is 4.80. The first-order valence-electron chi connectivity index (χ1n) is 5.60. The fourth-order valence-electron chi connectivity index (χ4n) is 2.59. The van der Waals surface area contributed by atoms with Gasteiger partial charge in [0.25, 0.3) is 0 Å². The summed E-state index contributed by atoms with van der Waals surface area (Å²) in [5.41, 5.74) is 2.78. The zero-order chi connectivity index (χ0) is 12.4. The Morgan fingerprint density at radius 1 is 1.07 bits per heavy atom. The number of allylic oxidation sites excluding steroid dienone is 3. The Bertz CT molecular complexity index is 275. The first-order valence-corrected chi connectivity index (χ1v) is 8.60. The highest BCUT2D eigenvalue weighted by molar-refractivity contribution is 6.83. The molecule has 2 heteroatoms. The van der Waals surface area contributed by atoms with E-state index in [0.29, 0.717) is 0 Å². The minimum absolute atomic E-state index is 0.172. The van der Waals surface area contributed by atoms with Gasteiger partial charge in [0.15, 0.2) is 8.24 Å². The largest absolute Gasteiger partial charge is 0.329 e. The third-order valence-electron chi connectivity index (χ3n) is 2.24. The van der Waals surface area contributed by atoms with Crippen LogP contribution in [0.25, 0.3) is 0 Å². The van der Waals surface area contributed by atoms with E-state index in [9.17, 15) is 0 Å². The summed E-state index contributed by atoms with van der Waals surface area (Å²) in [6.07, 6.45) is 0. The first kappa shape index (κ1) is 14.7. The van der Waals surface area contributed by atoms with Crippen molar-refractivity contribution < 1.29 is 0 Å². The van der Waals surface area contributed by atoms with Gasteiger partial charge in [0, 0.05) is 5.54 Å². The molecule has 0 aromatic carbocycles. The predicted octanol–water partition coefficient (Wildman–Crippen LogP) is 4.03. The second-order valence-electron chi connectivity index (χ2n) is 6.16. The molecule has 0 bridgehead atoms. The van der Waals surface area contributed by atoms with E-state index < -0.39 is 8.24 Å². The van der Waals surface area contributed by atoms with Crippen LogP contribution in [0.3, 0.4) is 0 Å². The lowest BCUT2D eigenvalue weighted by Crippen LogP contribution is -2.56. The lowest BCUT2D eigenvalue weighted by Gasteiger charge is -2.36. The van der Waals surface area contributed by atoms with Crippen LogP contribution in [-0.4, -0.2) is 13.8 Å². The van der Waals surface area contributed by atoms with Gasteiger partial charge in [-0.3, -0.25) is 0 Å². The molecule has 88 valence electrons. The summed E-state index contributed by atoms with van der Waals surface area (Å²) in [5.74, 6) is 0. The van der Waals surface area contributed by atoms with E-state index in [2.05, 4.69) is 66.2 Å². The molecule has 0 spiro atoms. The molecule has 0 radical (unpaired) electrons. The smallest absolute Gasteiger partial charge is 0.152 e. The molecule has 1 nitrogen and oxygen atoms in total. The molecule has 1 N–H and O–H groups in total. The van der Waals surface area contributed by atoms with Gasteiger partial charge in [0.1, 0.15) is 0 Å². The Morgan fingerprint density at radius 3 is 1.67 bits per heavy atom. The molecule has 0 aliphatic rings. The van der Waals surface area contributed by atoms with E-state index >= 15 is 0 Å². The van der Waals surface area contributed by atoms with Crippen LogP contribution in [0.1, 0.15) is 41.5 Å². The van der Waals surface area contributed by atoms with Crippen molar-refractivity contribution in [2.45, 2.75) is 60.2 Å². The fraction of sp³-hybridized carbons (Fsp3) is 0.692. The third-order valence-corrected chi connectivity index (χ3v) is 5.79. The maximum absolute atomic E-state index is 4.11. The van der Waals surface area contributed by atoms with Gasteiger partial charge < -0.3 is 4.98 Å². The topological polar surface area (TPSA) is 12.0 Å². The Kier molecular flexibility index (Phi) is 4.56. The van der Waals surface area contributed by atoms with Crippen LogP contribution in [-0.2, 0) is 0 Å². The van der Waals surface area contributed by atoms with Crippen LogP contribution in [0, 0.1) is 0 Å². The molecule has 0 amide bonds. The zero-order valence-electron chi connectivity index (χ0n) is 11.7. The molecule has 15 heavy (non-hydrogen) atoms. The van der Waals surface area contributed by atoms with Crippen LogP contribution in [0.2, 0.25) is 13.1 Å². The summed E-state index contributed by atoms with van der Waals surface area (Å²) in [5, 5.41) is 1.47. The van der Waals surface area contributed by atoms with Crippen LogP contribution >= 0.6 is 0 Å². The van der Waals surface area contributed by atoms with Gasteiger partial charge in [0.2, 0.25) is 0 Å². The maximum atomic E-state index is 4.11. The summed E-state index contributed by atoms with van der Waals surface area (Å²) in [7, 11) is -1.56. The molecule has 0 rings (SSSR count). The standard InChI is InChI=1S/C13H27NSi/c1-10(2)12(11(3)4)15(8,9)14-13(5,6)7/h14H,1H2,2-9H3. The lowest BCUT2D eigenvalue weighted by atomic mass is 10.1. The van der Waals surface area contributed by atoms with Crippen molar-refractivity contribution in [2.24, 2.45) is 0 Å². The van der Waals surface area contributed by atoms with Gasteiger partial charge in [-0.15, -0.1) is 0 Å².